The first-order valence-corrected chi connectivity index (χ1v) is 7.03. The van der Waals surface area contributed by atoms with Crippen molar-refractivity contribution in [2.75, 3.05) is 18.5 Å². The highest BCUT2D eigenvalue weighted by atomic mass is 79.9. The summed E-state index contributed by atoms with van der Waals surface area (Å²) in [5.74, 6) is 0. The second-order valence-electron chi connectivity index (χ2n) is 4.73. The van der Waals surface area contributed by atoms with Crippen molar-refractivity contribution in [2.45, 2.75) is 19.4 Å². The highest BCUT2D eigenvalue weighted by Gasteiger charge is 2.32. The number of halogens is 1. The van der Waals surface area contributed by atoms with Crippen LogP contribution in [0.15, 0.2) is 17.2 Å². The molecule has 19 heavy (non-hydrogen) atoms. The molecule has 1 aliphatic heterocycles. The molecule has 0 unspecified atom stereocenters. The SMILES string of the molecule is O=c1ncc([N+](=O)[O-])cn1CC1(CBr)CCOCC1. The predicted molar refractivity (Wildman–Crippen MR) is 71.4 cm³/mol. The van der Waals surface area contributed by atoms with Crippen molar-refractivity contribution in [3.05, 3.63) is 33.0 Å². The second kappa shape index (κ2) is 5.79. The van der Waals surface area contributed by atoms with Crippen molar-refractivity contribution in [2.24, 2.45) is 5.41 Å². The lowest BCUT2D eigenvalue weighted by Crippen LogP contribution is -2.38. The summed E-state index contributed by atoms with van der Waals surface area (Å²) in [6, 6.07) is 0. The fraction of sp³-hybridized carbons (Fsp3) is 0.636. The Morgan fingerprint density at radius 2 is 2.21 bits per heavy atom. The minimum Gasteiger partial charge on any atom is -0.381 e. The number of aromatic nitrogens is 2. The van der Waals surface area contributed by atoms with Crippen LogP contribution in [-0.2, 0) is 11.3 Å². The van der Waals surface area contributed by atoms with Gasteiger partial charge in [0.05, 0.1) is 11.1 Å². The van der Waals surface area contributed by atoms with Gasteiger partial charge in [0.2, 0.25) is 0 Å². The molecule has 8 heteroatoms. The Morgan fingerprint density at radius 1 is 1.53 bits per heavy atom. The molecule has 0 N–H and O–H groups in total. The number of nitro groups is 1. The first kappa shape index (κ1) is 14.1. The van der Waals surface area contributed by atoms with E-state index in [2.05, 4.69) is 20.9 Å². The van der Waals surface area contributed by atoms with Crippen LogP contribution in [-0.4, -0.2) is 33.0 Å². The van der Waals surface area contributed by atoms with E-state index in [1.807, 2.05) is 0 Å². The summed E-state index contributed by atoms with van der Waals surface area (Å²) in [6.45, 7) is 1.69. The largest absolute Gasteiger partial charge is 0.381 e. The Morgan fingerprint density at radius 3 is 2.79 bits per heavy atom. The van der Waals surface area contributed by atoms with Crippen LogP contribution in [0, 0.1) is 15.5 Å². The molecule has 1 aromatic heterocycles. The normalized spacial score (nSPS) is 18.2. The van der Waals surface area contributed by atoms with Crippen molar-refractivity contribution >= 4 is 21.6 Å². The molecule has 0 amide bonds. The van der Waals surface area contributed by atoms with Crippen molar-refractivity contribution in [1.29, 1.82) is 0 Å². The van der Waals surface area contributed by atoms with Crippen molar-refractivity contribution in [3.8, 4) is 0 Å². The first-order chi connectivity index (χ1) is 9.06. The minimum atomic E-state index is -0.548. The van der Waals surface area contributed by atoms with E-state index in [9.17, 15) is 14.9 Å². The van der Waals surface area contributed by atoms with Gasteiger partial charge in [0.15, 0.2) is 0 Å². The predicted octanol–water partition coefficient (Wildman–Crippen LogP) is 1.34. The van der Waals surface area contributed by atoms with E-state index in [1.54, 1.807) is 0 Å². The van der Waals surface area contributed by atoms with Crippen LogP contribution < -0.4 is 5.69 Å². The summed E-state index contributed by atoms with van der Waals surface area (Å²) in [4.78, 5) is 25.4. The van der Waals surface area contributed by atoms with E-state index in [-0.39, 0.29) is 11.1 Å². The van der Waals surface area contributed by atoms with Crippen LogP contribution in [0.5, 0.6) is 0 Å². The number of rotatable bonds is 4. The molecule has 0 aromatic carbocycles. The Bertz CT molecular complexity index is 525. The topological polar surface area (TPSA) is 87.3 Å². The molecular formula is C11H14BrN3O4. The summed E-state index contributed by atoms with van der Waals surface area (Å²) in [6.07, 6.45) is 3.87. The van der Waals surface area contributed by atoms with Gasteiger partial charge in [-0.2, -0.15) is 4.98 Å². The molecule has 0 aliphatic carbocycles. The van der Waals surface area contributed by atoms with Gasteiger partial charge in [-0.25, -0.2) is 4.79 Å². The highest BCUT2D eigenvalue weighted by Crippen LogP contribution is 2.34. The number of hydrogen-bond acceptors (Lipinski definition) is 5. The van der Waals surface area contributed by atoms with Crippen LogP contribution in [0.4, 0.5) is 5.69 Å². The average molecular weight is 332 g/mol. The lowest BCUT2D eigenvalue weighted by molar-refractivity contribution is -0.385. The zero-order valence-corrected chi connectivity index (χ0v) is 11.8. The lowest BCUT2D eigenvalue weighted by Gasteiger charge is -2.35. The summed E-state index contributed by atoms with van der Waals surface area (Å²) in [7, 11) is 0. The Kier molecular flexibility index (Phi) is 4.31. The summed E-state index contributed by atoms with van der Waals surface area (Å²) >= 11 is 3.47. The Hall–Kier alpha value is -1.28. The maximum atomic E-state index is 11.7. The fourth-order valence-electron chi connectivity index (χ4n) is 2.15. The van der Waals surface area contributed by atoms with E-state index in [1.165, 1.54) is 10.8 Å². The second-order valence-corrected chi connectivity index (χ2v) is 5.29. The maximum absolute atomic E-state index is 11.7. The van der Waals surface area contributed by atoms with Gasteiger partial charge in [-0.05, 0) is 12.8 Å². The first-order valence-electron chi connectivity index (χ1n) is 5.91. The van der Waals surface area contributed by atoms with E-state index in [4.69, 9.17) is 4.74 Å². The zero-order valence-electron chi connectivity index (χ0n) is 10.2. The van der Waals surface area contributed by atoms with E-state index >= 15 is 0 Å². The fourth-order valence-corrected chi connectivity index (χ4v) is 2.89. The van der Waals surface area contributed by atoms with Gasteiger partial charge in [-0.3, -0.25) is 14.7 Å². The van der Waals surface area contributed by atoms with Crippen molar-refractivity contribution in [3.63, 3.8) is 0 Å². The van der Waals surface area contributed by atoms with Crippen LogP contribution in [0.2, 0.25) is 0 Å². The van der Waals surface area contributed by atoms with E-state index < -0.39 is 10.6 Å². The third-order valence-corrected chi connectivity index (χ3v) is 4.58. The standard InChI is InChI=1S/C11H14BrN3O4/c12-7-11(1-3-19-4-2-11)8-14-6-9(15(17)18)5-13-10(14)16/h5-6H,1-4,7-8H2. The van der Waals surface area contributed by atoms with Gasteiger partial charge in [0, 0.05) is 30.5 Å². The molecule has 2 heterocycles. The van der Waals surface area contributed by atoms with Gasteiger partial charge < -0.3 is 4.74 Å². The molecule has 0 saturated carbocycles. The molecule has 1 saturated heterocycles. The average Bonchev–Trinajstić information content (AvgIpc) is 2.42. The van der Waals surface area contributed by atoms with Gasteiger partial charge in [0.1, 0.15) is 6.20 Å². The molecule has 0 atom stereocenters. The van der Waals surface area contributed by atoms with E-state index in [0.717, 1.165) is 24.4 Å². The Labute approximate surface area is 117 Å². The maximum Gasteiger partial charge on any atom is 0.347 e. The summed E-state index contributed by atoms with van der Waals surface area (Å²) in [5, 5.41) is 11.4. The van der Waals surface area contributed by atoms with Crippen LogP contribution >= 0.6 is 15.9 Å². The monoisotopic (exact) mass is 331 g/mol. The molecule has 1 aromatic rings. The molecule has 0 bridgehead atoms. The molecule has 1 fully saturated rings. The third-order valence-electron chi connectivity index (χ3n) is 3.39. The van der Waals surface area contributed by atoms with Crippen LogP contribution in [0.1, 0.15) is 12.8 Å². The number of hydrogen-bond donors (Lipinski definition) is 0. The number of alkyl halides is 1. The lowest BCUT2D eigenvalue weighted by atomic mass is 9.82. The summed E-state index contributed by atoms with van der Waals surface area (Å²) < 4.78 is 6.65. The summed E-state index contributed by atoms with van der Waals surface area (Å²) in [5.41, 5.74) is -0.743. The molecule has 0 radical (unpaired) electrons. The van der Waals surface area contributed by atoms with Crippen molar-refractivity contribution < 1.29 is 9.66 Å². The van der Waals surface area contributed by atoms with Crippen molar-refractivity contribution in [1.82, 2.24) is 9.55 Å². The van der Waals surface area contributed by atoms with Gasteiger partial charge in [0.25, 0.3) is 0 Å². The molecule has 2 rings (SSSR count). The van der Waals surface area contributed by atoms with Gasteiger partial charge in [-0.15, -0.1) is 0 Å². The quantitative estimate of drug-likeness (QED) is 0.472. The molecule has 7 nitrogen and oxygen atoms in total. The van der Waals surface area contributed by atoms with Gasteiger partial charge in [-0.1, -0.05) is 15.9 Å². The van der Waals surface area contributed by atoms with Gasteiger partial charge >= 0.3 is 11.4 Å². The molecule has 0 spiro atoms. The number of nitrogens with zero attached hydrogens (tertiary/aromatic N) is 3. The zero-order chi connectivity index (χ0) is 13.9. The smallest absolute Gasteiger partial charge is 0.347 e. The number of ether oxygens (including phenoxy) is 1. The Balaban J connectivity index is 2.28. The highest BCUT2D eigenvalue weighted by molar-refractivity contribution is 9.09. The third kappa shape index (κ3) is 3.19. The van der Waals surface area contributed by atoms with E-state index in [0.29, 0.717) is 19.8 Å². The van der Waals surface area contributed by atoms with Crippen LogP contribution in [0.25, 0.3) is 0 Å². The molecule has 104 valence electrons. The molecular weight excluding hydrogens is 318 g/mol. The molecule has 1 aliphatic rings. The van der Waals surface area contributed by atoms with Crippen LogP contribution in [0.3, 0.4) is 0 Å². The minimum absolute atomic E-state index is 0.112.